The number of anilines is 1. The first-order chi connectivity index (χ1) is 9.24. The first-order valence-electron chi connectivity index (χ1n) is 6.62. The highest BCUT2D eigenvalue weighted by atomic mass is 32.2. The number of hydrogen-bond acceptors (Lipinski definition) is 3. The zero-order valence-corrected chi connectivity index (χ0v) is 13.2. The summed E-state index contributed by atoms with van der Waals surface area (Å²) in [6.45, 7) is 5.80. The van der Waals surface area contributed by atoms with Gasteiger partial charge in [-0.25, -0.2) is 13.2 Å². The fraction of sp³-hybridized carbons (Fsp3) is 0.500. The standard InChI is InChI=1S/C14H22N2O3S/c1-5-6-11(3)15-14(17)16-13-9-12(20(4,18)19)8-7-10(13)2/h7-9,11H,5-6H2,1-4H3,(H2,15,16,17)/t11-/m1/s1. The highest BCUT2D eigenvalue weighted by molar-refractivity contribution is 7.90. The maximum Gasteiger partial charge on any atom is 0.319 e. The molecular formula is C14H22N2O3S. The average Bonchev–Trinajstić information content (AvgIpc) is 2.30. The molecule has 0 aliphatic heterocycles. The maximum absolute atomic E-state index is 11.8. The number of carbonyl (C=O) groups is 1. The van der Waals surface area contributed by atoms with Crippen molar-refractivity contribution in [3.8, 4) is 0 Å². The summed E-state index contributed by atoms with van der Waals surface area (Å²) in [5.74, 6) is 0. The van der Waals surface area contributed by atoms with E-state index in [1.165, 1.54) is 12.1 Å². The van der Waals surface area contributed by atoms with Crippen LogP contribution in [-0.2, 0) is 9.84 Å². The minimum absolute atomic E-state index is 0.0818. The lowest BCUT2D eigenvalue weighted by atomic mass is 10.2. The van der Waals surface area contributed by atoms with E-state index >= 15 is 0 Å². The monoisotopic (exact) mass is 298 g/mol. The van der Waals surface area contributed by atoms with Gasteiger partial charge in [0.2, 0.25) is 0 Å². The van der Waals surface area contributed by atoms with Gasteiger partial charge in [-0.05, 0) is 38.0 Å². The van der Waals surface area contributed by atoms with Crippen LogP contribution in [0.5, 0.6) is 0 Å². The van der Waals surface area contributed by atoms with Crippen molar-refractivity contribution >= 4 is 21.6 Å². The minimum Gasteiger partial charge on any atom is -0.335 e. The molecule has 0 aliphatic rings. The number of hydrogen-bond donors (Lipinski definition) is 2. The van der Waals surface area contributed by atoms with Crippen molar-refractivity contribution in [1.82, 2.24) is 5.32 Å². The van der Waals surface area contributed by atoms with Gasteiger partial charge in [0.15, 0.2) is 9.84 Å². The molecule has 2 amide bonds. The summed E-state index contributed by atoms with van der Waals surface area (Å²) >= 11 is 0. The van der Waals surface area contributed by atoms with E-state index in [2.05, 4.69) is 17.6 Å². The van der Waals surface area contributed by atoms with Crippen LogP contribution in [0.4, 0.5) is 10.5 Å². The Morgan fingerprint density at radius 3 is 2.55 bits per heavy atom. The van der Waals surface area contributed by atoms with Crippen LogP contribution in [-0.4, -0.2) is 26.7 Å². The number of benzene rings is 1. The molecule has 0 spiro atoms. The molecule has 0 heterocycles. The predicted molar refractivity (Wildman–Crippen MR) is 80.8 cm³/mol. The van der Waals surface area contributed by atoms with Gasteiger partial charge in [-0.2, -0.15) is 0 Å². The van der Waals surface area contributed by atoms with E-state index in [0.717, 1.165) is 24.7 Å². The van der Waals surface area contributed by atoms with Crippen molar-refractivity contribution in [3.63, 3.8) is 0 Å². The van der Waals surface area contributed by atoms with Crippen LogP contribution in [0.25, 0.3) is 0 Å². The van der Waals surface area contributed by atoms with Crippen molar-refractivity contribution in [2.45, 2.75) is 44.6 Å². The molecule has 2 N–H and O–H groups in total. The van der Waals surface area contributed by atoms with E-state index in [1.807, 2.05) is 13.8 Å². The second-order valence-electron chi connectivity index (χ2n) is 5.04. The molecule has 0 saturated heterocycles. The number of carbonyl (C=O) groups excluding carboxylic acids is 1. The van der Waals surface area contributed by atoms with Gasteiger partial charge in [-0.15, -0.1) is 0 Å². The lowest BCUT2D eigenvalue weighted by Crippen LogP contribution is -2.36. The molecule has 0 aromatic heterocycles. The molecule has 1 atom stereocenters. The van der Waals surface area contributed by atoms with E-state index in [9.17, 15) is 13.2 Å². The number of sulfone groups is 1. The van der Waals surface area contributed by atoms with Crippen molar-refractivity contribution in [2.75, 3.05) is 11.6 Å². The van der Waals surface area contributed by atoms with Gasteiger partial charge in [0.05, 0.1) is 4.90 Å². The van der Waals surface area contributed by atoms with Gasteiger partial charge in [0.25, 0.3) is 0 Å². The average molecular weight is 298 g/mol. The fourth-order valence-electron chi connectivity index (χ4n) is 1.85. The molecule has 6 heteroatoms. The molecule has 0 radical (unpaired) electrons. The van der Waals surface area contributed by atoms with E-state index in [0.29, 0.717) is 5.69 Å². The Labute approximate surface area is 120 Å². The molecule has 20 heavy (non-hydrogen) atoms. The largest absolute Gasteiger partial charge is 0.335 e. The number of urea groups is 1. The maximum atomic E-state index is 11.8. The van der Waals surface area contributed by atoms with Gasteiger partial charge in [0, 0.05) is 18.0 Å². The van der Waals surface area contributed by atoms with E-state index in [4.69, 9.17) is 0 Å². The number of rotatable bonds is 5. The highest BCUT2D eigenvalue weighted by Crippen LogP contribution is 2.20. The SMILES string of the molecule is CCC[C@@H](C)NC(=O)Nc1cc(S(C)(=O)=O)ccc1C. The number of aryl methyl sites for hydroxylation is 1. The molecule has 0 fully saturated rings. The second-order valence-corrected chi connectivity index (χ2v) is 7.05. The van der Waals surface area contributed by atoms with Crippen molar-refractivity contribution in [3.05, 3.63) is 23.8 Å². The van der Waals surface area contributed by atoms with Crippen molar-refractivity contribution in [1.29, 1.82) is 0 Å². The molecule has 1 rings (SSSR count). The molecule has 5 nitrogen and oxygen atoms in total. The molecular weight excluding hydrogens is 276 g/mol. The Hall–Kier alpha value is -1.56. The lowest BCUT2D eigenvalue weighted by molar-refractivity contribution is 0.248. The third-order valence-corrected chi connectivity index (χ3v) is 4.09. The van der Waals surface area contributed by atoms with Crippen LogP contribution in [0, 0.1) is 6.92 Å². The Morgan fingerprint density at radius 2 is 2.00 bits per heavy atom. The van der Waals surface area contributed by atoms with Crippen LogP contribution >= 0.6 is 0 Å². The van der Waals surface area contributed by atoms with E-state index < -0.39 is 9.84 Å². The van der Waals surface area contributed by atoms with Crippen molar-refractivity contribution < 1.29 is 13.2 Å². The van der Waals surface area contributed by atoms with Gasteiger partial charge in [-0.1, -0.05) is 19.4 Å². The highest BCUT2D eigenvalue weighted by Gasteiger charge is 2.12. The summed E-state index contributed by atoms with van der Waals surface area (Å²) in [5.41, 5.74) is 1.32. The predicted octanol–water partition coefficient (Wildman–Crippen LogP) is 2.71. The first-order valence-corrected chi connectivity index (χ1v) is 8.51. The summed E-state index contributed by atoms with van der Waals surface area (Å²) in [5, 5.41) is 5.51. The Balaban J connectivity index is 2.84. The fourth-order valence-corrected chi connectivity index (χ4v) is 2.50. The first kappa shape index (κ1) is 16.5. The lowest BCUT2D eigenvalue weighted by Gasteiger charge is -2.15. The quantitative estimate of drug-likeness (QED) is 0.877. The van der Waals surface area contributed by atoms with Crippen LogP contribution < -0.4 is 10.6 Å². The van der Waals surface area contributed by atoms with Gasteiger partial charge >= 0.3 is 6.03 Å². The smallest absolute Gasteiger partial charge is 0.319 e. The summed E-state index contributed by atoms with van der Waals surface area (Å²) in [6, 6.07) is 4.46. The van der Waals surface area contributed by atoms with E-state index in [-0.39, 0.29) is 17.0 Å². The topological polar surface area (TPSA) is 75.3 Å². The summed E-state index contributed by atoms with van der Waals surface area (Å²) in [4.78, 5) is 12.0. The molecule has 112 valence electrons. The summed E-state index contributed by atoms with van der Waals surface area (Å²) in [7, 11) is -3.28. The van der Waals surface area contributed by atoms with Gasteiger partial charge in [0.1, 0.15) is 0 Å². The van der Waals surface area contributed by atoms with Gasteiger partial charge in [-0.3, -0.25) is 0 Å². The molecule has 0 unspecified atom stereocenters. The van der Waals surface area contributed by atoms with E-state index in [1.54, 1.807) is 6.07 Å². The van der Waals surface area contributed by atoms with Crippen LogP contribution in [0.15, 0.2) is 23.1 Å². The molecule has 1 aromatic rings. The number of nitrogens with one attached hydrogen (secondary N) is 2. The summed E-state index contributed by atoms with van der Waals surface area (Å²) in [6.07, 6.45) is 3.03. The molecule has 0 aliphatic carbocycles. The van der Waals surface area contributed by atoms with Crippen molar-refractivity contribution in [2.24, 2.45) is 0 Å². The zero-order valence-electron chi connectivity index (χ0n) is 12.4. The molecule has 0 bridgehead atoms. The summed E-state index contributed by atoms with van der Waals surface area (Å²) < 4.78 is 23.0. The van der Waals surface area contributed by atoms with Crippen LogP contribution in [0.3, 0.4) is 0 Å². The molecule has 0 saturated carbocycles. The van der Waals surface area contributed by atoms with Crippen LogP contribution in [0.2, 0.25) is 0 Å². The third kappa shape index (κ3) is 4.85. The minimum atomic E-state index is -3.28. The Morgan fingerprint density at radius 1 is 1.35 bits per heavy atom. The molecule has 1 aromatic carbocycles. The Bertz CT molecular complexity index is 582. The zero-order chi connectivity index (χ0) is 15.3. The number of amides is 2. The second kappa shape index (κ2) is 6.74. The van der Waals surface area contributed by atoms with Crippen LogP contribution in [0.1, 0.15) is 32.3 Å². The third-order valence-electron chi connectivity index (χ3n) is 2.98. The Kier molecular flexibility index (Phi) is 5.56. The van der Waals surface area contributed by atoms with Gasteiger partial charge < -0.3 is 10.6 Å². The normalized spacial score (nSPS) is 12.8.